The largest absolute Gasteiger partial charge is 0.418 e. The van der Waals surface area contributed by atoms with E-state index in [1.165, 1.54) is 18.2 Å². The summed E-state index contributed by atoms with van der Waals surface area (Å²) in [5.74, 6) is 1.52. The van der Waals surface area contributed by atoms with Gasteiger partial charge in [-0.1, -0.05) is 0 Å². The third-order valence-electron chi connectivity index (χ3n) is 2.00. The summed E-state index contributed by atoms with van der Waals surface area (Å²) in [5, 5.41) is 0. The minimum atomic E-state index is -4.53. The fourth-order valence-electron chi connectivity index (χ4n) is 1.35. The third kappa shape index (κ3) is 3.41. The lowest BCUT2D eigenvalue weighted by Gasteiger charge is -2.14. The lowest BCUT2D eigenvalue weighted by Crippen LogP contribution is -2.18. The van der Waals surface area contributed by atoms with Crippen LogP contribution in [0.3, 0.4) is 0 Å². The van der Waals surface area contributed by atoms with Crippen LogP contribution in [-0.4, -0.2) is 36.5 Å². The second-order valence-electron chi connectivity index (χ2n) is 3.72. The number of halogens is 3. The number of rotatable bonds is 3. The first-order chi connectivity index (χ1) is 7.86. The highest BCUT2D eigenvalue weighted by molar-refractivity contribution is 5.88. The van der Waals surface area contributed by atoms with Crippen LogP contribution in [0, 0.1) is 0 Å². The summed E-state index contributed by atoms with van der Waals surface area (Å²) in [4.78, 5) is 15.9. The van der Waals surface area contributed by atoms with E-state index in [2.05, 4.69) is 4.98 Å². The standard InChI is InChI=1S/C11H11F3N2O/c1-16(2)6-8(7-17)10-9(11(12,13)14)4-3-5-15-10/h3-5H,6H2,1-2H3. The lowest BCUT2D eigenvalue weighted by atomic mass is 10.1. The van der Waals surface area contributed by atoms with E-state index >= 15 is 0 Å². The summed E-state index contributed by atoms with van der Waals surface area (Å²) < 4.78 is 38.1. The number of carbonyl (C=O) groups excluding carboxylic acids is 1. The molecule has 0 aliphatic carbocycles. The maximum absolute atomic E-state index is 12.7. The molecule has 1 aromatic rings. The molecular formula is C11H11F3N2O. The second-order valence-corrected chi connectivity index (χ2v) is 3.72. The maximum Gasteiger partial charge on any atom is 0.418 e. The number of nitrogens with zero attached hydrogens (tertiary/aromatic N) is 2. The number of alkyl halides is 3. The average molecular weight is 244 g/mol. The highest BCUT2D eigenvalue weighted by atomic mass is 19.4. The molecule has 92 valence electrons. The second kappa shape index (κ2) is 5.12. The Kier molecular flexibility index (Phi) is 4.04. The molecule has 0 radical (unpaired) electrons. The van der Waals surface area contributed by atoms with E-state index in [9.17, 15) is 18.0 Å². The van der Waals surface area contributed by atoms with Gasteiger partial charge in [-0.25, -0.2) is 4.79 Å². The van der Waals surface area contributed by atoms with Gasteiger partial charge in [0.1, 0.15) is 5.94 Å². The van der Waals surface area contributed by atoms with Gasteiger partial charge in [-0.15, -0.1) is 0 Å². The van der Waals surface area contributed by atoms with Crippen molar-refractivity contribution in [3.05, 3.63) is 29.6 Å². The number of hydrogen-bond acceptors (Lipinski definition) is 3. The Labute approximate surface area is 96.6 Å². The third-order valence-corrected chi connectivity index (χ3v) is 2.00. The molecule has 0 unspecified atom stereocenters. The quantitative estimate of drug-likeness (QED) is 0.761. The van der Waals surface area contributed by atoms with Crippen LogP contribution in [0.25, 0.3) is 5.57 Å². The first-order valence-electron chi connectivity index (χ1n) is 4.77. The van der Waals surface area contributed by atoms with Crippen molar-refractivity contribution in [2.75, 3.05) is 20.6 Å². The van der Waals surface area contributed by atoms with E-state index in [-0.39, 0.29) is 17.8 Å². The molecule has 0 N–H and O–H groups in total. The van der Waals surface area contributed by atoms with Crippen LogP contribution < -0.4 is 0 Å². The normalized spacial score (nSPS) is 11.4. The molecule has 1 heterocycles. The van der Waals surface area contributed by atoms with Crippen LogP contribution in [0.1, 0.15) is 11.3 Å². The predicted octanol–water partition coefficient (Wildman–Crippen LogP) is 1.88. The molecule has 1 aromatic heterocycles. The number of pyridine rings is 1. The molecule has 1 rings (SSSR count). The summed E-state index contributed by atoms with van der Waals surface area (Å²) in [6, 6.07) is 2.08. The van der Waals surface area contributed by atoms with Crippen molar-refractivity contribution in [3.63, 3.8) is 0 Å². The van der Waals surface area contributed by atoms with Crippen molar-refractivity contribution < 1.29 is 18.0 Å². The summed E-state index contributed by atoms with van der Waals surface area (Å²) in [6.07, 6.45) is -3.31. The Morgan fingerprint density at radius 2 is 2.12 bits per heavy atom. The molecule has 0 saturated heterocycles. The Balaban J connectivity index is 3.26. The van der Waals surface area contributed by atoms with Crippen LogP contribution in [0.2, 0.25) is 0 Å². The van der Waals surface area contributed by atoms with E-state index in [0.29, 0.717) is 0 Å². The molecule has 3 nitrogen and oxygen atoms in total. The van der Waals surface area contributed by atoms with Crippen LogP contribution in [0.15, 0.2) is 18.3 Å². The van der Waals surface area contributed by atoms with Crippen molar-refractivity contribution in [1.29, 1.82) is 0 Å². The van der Waals surface area contributed by atoms with Gasteiger partial charge in [-0.05, 0) is 26.2 Å². The molecule has 0 amide bonds. The van der Waals surface area contributed by atoms with Gasteiger partial charge in [-0.2, -0.15) is 13.2 Å². The number of aromatic nitrogens is 1. The first kappa shape index (κ1) is 13.4. The van der Waals surface area contributed by atoms with Crippen molar-refractivity contribution in [3.8, 4) is 0 Å². The zero-order valence-electron chi connectivity index (χ0n) is 9.38. The molecule has 17 heavy (non-hydrogen) atoms. The molecule has 0 aromatic carbocycles. The summed E-state index contributed by atoms with van der Waals surface area (Å²) in [6.45, 7) is 0.0591. The van der Waals surface area contributed by atoms with Gasteiger partial charge in [0.05, 0.1) is 16.8 Å². The minimum Gasteiger partial charge on any atom is -0.304 e. The molecule has 6 heteroatoms. The monoisotopic (exact) mass is 244 g/mol. The van der Waals surface area contributed by atoms with Crippen LogP contribution in [-0.2, 0) is 11.0 Å². The SMILES string of the molecule is CN(C)CC(=C=O)c1ncccc1C(F)(F)F. The van der Waals surface area contributed by atoms with Crippen molar-refractivity contribution in [1.82, 2.24) is 9.88 Å². The van der Waals surface area contributed by atoms with Crippen molar-refractivity contribution in [2.24, 2.45) is 0 Å². The Morgan fingerprint density at radius 1 is 1.47 bits per heavy atom. The van der Waals surface area contributed by atoms with Gasteiger partial charge < -0.3 is 4.90 Å². The van der Waals surface area contributed by atoms with E-state index < -0.39 is 11.7 Å². The first-order valence-corrected chi connectivity index (χ1v) is 4.77. The average Bonchev–Trinajstić information content (AvgIpc) is 2.24. The fourth-order valence-corrected chi connectivity index (χ4v) is 1.35. The predicted molar refractivity (Wildman–Crippen MR) is 56.9 cm³/mol. The zero-order valence-corrected chi connectivity index (χ0v) is 9.38. The van der Waals surface area contributed by atoms with Crippen molar-refractivity contribution in [2.45, 2.75) is 6.18 Å². The van der Waals surface area contributed by atoms with Gasteiger partial charge in [-0.3, -0.25) is 4.98 Å². The van der Waals surface area contributed by atoms with E-state index in [1.807, 2.05) is 0 Å². The summed E-state index contributed by atoms with van der Waals surface area (Å²) in [5.41, 5.74) is -1.38. The number of likely N-dealkylation sites (N-methyl/N-ethyl adjacent to an activating group) is 1. The van der Waals surface area contributed by atoms with E-state index in [0.717, 1.165) is 6.07 Å². The Bertz CT molecular complexity index is 448. The Morgan fingerprint density at radius 3 is 2.59 bits per heavy atom. The zero-order chi connectivity index (χ0) is 13.1. The topological polar surface area (TPSA) is 33.2 Å². The maximum atomic E-state index is 12.7. The summed E-state index contributed by atoms with van der Waals surface area (Å²) >= 11 is 0. The molecule has 0 saturated carbocycles. The molecule has 0 aliphatic rings. The van der Waals surface area contributed by atoms with Crippen LogP contribution >= 0.6 is 0 Å². The highest BCUT2D eigenvalue weighted by Gasteiger charge is 2.35. The van der Waals surface area contributed by atoms with E-state index in [4.69, 9.17) is 0 Å². The van der Waals surface area contributed by atoms with Gasteiger partial charge >= 0.3 is 6.18 Å². The van der Waals surface area contributed by atoms with Crippen LogP contribution in [0.4, 0.5) is 13.2 Å². The fraction of sp³-hybridized carbons (Fsp3) is 0.364. The van der Waals surface area contributed by atoms with Gasteiger partial charge in [0.25, 0.3) is 0 Å². The molecular weight excluding hydrogens is 233 g/mol. The molecule has 0 fully saturated rings. The summed E-state index contributed by atoms with van der Waals surface area (Å²) in [7, 11) is 3.29. The smallest absolute Gasteiger partial charge is 0.304 e. The molecule has 0 atom stereocenters. The van der Waals surface area contributed by atoms with Crippen LogP contribution in [0.5, 0.6) is 0 Å². The lowest BCUT2D eigenvalue weighted by molar-refractivity contribution is -0.138. The van der Waals surface area contributed by atoms with Gasteiger partial charge in [0.2, 0.25) is 0 Å². The van der Waals surface area contributed by atoms with Gasteiger partial charge in [0, 0.05) is 12.7 Å². The van der Waals surface area contributed by atoms with E-state index in [1.54, 1.807) is 19.0 Å². The number of hydrogen-bond donors (Lipinski definition) is 0. The highest BCUT2D eigenvalue weighted by Crippen LogP contribution is 2.33. The molecule has 0 spiro atoms. The van der Waals surface area contributed by atoms with Gasteiger partial charge in [0.15, 0.2) is 0 Å². The van der Waals surface area contributed by atoms with Crippen molar-refractivity contribution >= 4 is 11.5 Å². The minimum absolute atomic E-state index is 0.0591. The Hall–Kier alpha value is -1.65. The molecule has 0 aliphatic heterocycles. The molecule has 0 bridgehead atoms.